The van der Waals surface area contributed by atoms with Crippen LogP contribution in [0.3, 0.4) is 0 Å². The van der Waals surface area contributed by atoms with Crippen LogP contribution in [0.1, 0.15) is 44.1 Å². The van der Waals surface area contributed by atoms with Crippen molar-refractivity contribution in [3.05, 3.63) is 34.6 Å². The molecule has 0 atom stereocenters. The molecule has 1 aliphatic heterocycles. The molecule has 2 aromatic rings. The Morgan fingerprint density at radius 3 is 2.60 bits per heavy atom. The molecule has 4 amide bonds. The van der Waals surface area contributed by atoms with Crippen molar-refractivity contribution in [1.82, 2.24) is 30.5 Å². The van der Waals surface area contributed by atoms with Gasteiger partial charge in [-0.2, -0.15) is 10.1 Å². The van der Waals surface area contributed by atoms with Crippen molar-refractivity contribution in [3.63, 3.8) is 0 Å². The van der Waals surface area contributed by atoms with E-state index in [1.165, 1.54) is 0 Å². The topological polar surface area (TPSA) is 112 Å². The number of nitrogens with one attached hydrogen (secondary N) is 3. The van der Waals surface area contributed by atoms with Crippen molar-refractivity contribution in [2.24, 2.45) is 0 Å². The number of benzene rings is 1. The number of urea groups is 1. The van der Waals surface area contributed by atoms with Gasteiger partial charge in [-0.1, -0.05) is 49.1 Å². The molecule has 30 heavy (non-hydrogen) atoms. The summed E-state index contributed by atoms with van der Waals surface area (Å²) in [5.74, 6) is -0.186. The number of aromatic amines is 1. The number of imide groups is 1. The van der Waals surface area contributed by atoms with Crippen molar-refractivity contribution >= 4 is 30.1 Å². The molecule has 2 fully saturated rings. The van der Waals surface area contributed by atoms with Gasteiger partial charge in [0.05, 0.1) is 0 Å². The fourth-order valence-electron chi connectivity index (χ4n) is 4.06. The fourth-order valence-corrected chi connectivity index (χ4v) is 4.28. The minimum absolute atomic E-state index is 0.0385. The highest BCUT2D eigenvalue weighted by atomic mass is 32.1. The Morgan fingerprint density at radius 1 is 1.20 bits per heavy atom. The number of amides is 4. The standard InChI is InChI=1S/C20H24N6O3S/c1-13-5-7-14(8-6-13)16-22-23-19(30)25(16)12-9-15(27)24-26-17(28)20(21-18(26)29)10-3-2-4-11-20/h5-8H,2-4,9-12H2,1H3,(H,21,29)(H,23,30)(H,24,27). The molecule has 1 saturated carbocycles. The Kier molecular flexibility index (Phi) is 5.42. The van der Waals surface area contributed by atoms with Gasteiger partial charge in [-0.15, -0.1) is 0 Å². The number of carbonyl (C=O) groups excluding carboxylic acids is 3. The molecule has 1 spiro atoms. The van der Waals surface area contributed by atoms with Gasteiger partial charge in [-0.3, -0.25) is 24.7 Å². The van der Waals surface area contributed by atoms with E-state index in [1.54, 1.807) is 4.57 Å². The number of hydrogen-bond acceptors (Lipinski definition) is 5. The summed E-state index contributed by atoms with van der Waals surface area (Å²) in [6, 6.07) is 7.25. The Labute approximate surface area is 178 Å². The first-order valence-corrected chi connectivity index (χ1v) is 10.5. The van der Waals surface area contributed by atoms with Gasteiger partial charge >= 0.3 is 6.03 Å². The maximum atomic E-state index is 12.8. The fraction of sp³-hybridized carbons (Fsp3) is 0.450. The SMILES string of the molecule is Cc1ccc(-c2n[nH]c(=S)n2CCC(=O)NN2C(=O)NC3(CCCCC3)C2=O)cc1. The van der Waals surface area contributed by atoms with E-state index in [0.29, 0.717) is 23.4 Å². The first kappa shape index (κ1) is 20.3. The second kappa shape index (κ2) is 8.02. The molecule has 158 valence electrons. The maximum Gasteiger partial charge on any atom is 0.344 e. The van der Waals surface area contributed by atoms with Crippen LogP contribution in [0, 0.1) is 11.7 Å². The molecule has 2 heterocycles. The van der Waals surface area contributed by atoms with Gasteiger partial charge in [0, 0.05) is 18.5 Å². The largest absolute Gasteiger partial charge is 0.344 e. The number of rotatable bonds is 5. The van der Waals surface area contributed by atoms with E-state index in [0.717, 1.165) is 35.4 Å². The van der Waals surface area contributed by atoms with E-state index in [9.17, 15) is 14.4 Å². The first-order valence-electron chi connectivity index (χ1n) is 10.1. The van der Waals surface area contributed by atoms with Crippen molar-refractivity contribution in [1.29, 1.82) is 0 Å². The van der Waals surface area contributed by atoms with Gasteiger partial charge < -0.3 is 5.32 Å². The second-order valence-electron chi connectivity index (χ2n) is 7.87. The van der Waals surface area contributed by atoms with E-state index in [2.05, 4.69) is 20.9 Å². The lowest BCUT2D eigenvalue weighted by atomic mass is 9.82. The van der Waals surface area contributed by atoms with Gasteiger partial charge in [-0.05, 0) is 32.0 Å². The summed E-state index contributed by atoms with van der Waals surface area (Å²) in [6.45, 7) is 2.26. The monoisotopic (exact) mass is 428 g/mol. The molecule has 4 rings (SSSR count). The number of aromatic nitrogens is 3. The van der Waals surface area contributed by atoms with Crippen LogP contribution in [-0.4, -0.2) is 43.2 Å². The van der Waals surface area contributed by atoms with Crippen LogP contribution >= 0.6 is 12.2 Å². The maximum absolute atomic E-state index is 12.8. The zero-order valence-electron chi connectivity index (χ0n) is 16.7. The summed E-state index contributed by atoms with van der Waals surface area (Å²) in [6.07, 6.45) is 4.06. The molecular formula is C20H24N6O3S. The van der Waals surface area contributed by atoms with E-state index in [1.807, 2.05) is 31.2 Å². The number of hydrogen-bond donors (Lipinski definition) is 3. The zero-order valence-corrected chi connectivity index (χ0v) is 17.6. The molecule has 1 aliphatic carbocycles. The predicted molar refractivity (Wildman–Crippen MR) is 112 cm³/mol. The van der Waals surface area contributed by atoms with E-state index >= 15 is 0 Å². The van der Waals surface area contributed by atoms with Gasteiger partial charge in [-0.25, -0.2) is 4.79 Å². The molecule has 10 heteroatoms. The van der Waals surface area contributed by atoms with Crippen LogP contribution in [-0.2, 0) is 16.1 Å². The van der Waals surface area contributed by atoms with Crippen molar-refractivity contribution < 1.29 is 14.4 Å². The highest BCUT2D eigenvalue weighted by Crippen LogP contribution is 2.33. The molecule has 1 aromatic heterocycles. The van der Waals surface area contributed by atoms with Crippen LogP contribution in [0.15, 0.2) is 24.3 Å². The normalized spacial score (nSPS) is 18.0. The van der Waals surface area contributed by atoms with E-state index < -0.39 is 17.5 Å². The molecule has 2 aliphatic rings. The van der Waals surface area contributed by atoms with Crippen LogP contribution in [0.25, 0.3) is 11.4 Å². The number of hydrazine groups is 1. The van der Waals surface area contributed by atoms with Gasteiger partial charge in [0.15, 0.2) is 10.6 Å². The molecule has 9 nitrogen and oxygen atoms in total. The molecule has 0 unspecified atom stereocenters. The van der Waals surface area contributed by atoms with Gasteiger partial charge in [0.1, 0.15) is 5.54 Å². The predicted octanol–water partition coefficient (Wildman–Crippen LogP) is 2.59. The van der Waals surface area contributed by atoms with Gasteiger partial charge in [0.25, 0.3) is 5.91 Å². The molecule has 1 aromatic carbocycles. The van der Waals surface area contributed by atoms with Crippen LogP contribution < -0.4 is 10.7 Å². The van der Waals surface area contributed by atoms with E-state index in [4.69, 9.17) is 12.2 Å². The minimum atomic E-state index is -0.867. The quantitative estimate of drug-likeness (QED) is 0.501. The van der Waals surface area contributed by atoms with Crippen LogP contribution in [0.2, 0.25) is 0 Å². The molecule has 0 bridgehead atoms. The molecular weight excluding hydrogens is 404 g/mol. The lowest BCUT2D eigenvalue weighted by molar-refractivity contribution is -0.140. The second-order valence-corrected chi connectivity index (χ2v) is 8.26. The Hall–Kier alpha value is -3.01. The average Bonchev–Trinajstić information content (AvgIpc) is 3.20. The number of H-pyrrole nitrogens is 1. The number of nitrogens with zero attached hydrogens (tertiary/aromatic N) is 3. The van der Waals surface area contributed by atoms with Crippen LogP contribution in [0.5, 0.6) is 0 Å². The summed E-state index contributed by atoms with van der Waals surface area (Å²) in [5, 5.41) is 10.6. The lowest BCUT2D eigenvalue weighted by Gasteiger charge is -2.30. The number of carbonyl (C=O) groups is 3. The van der Waals surface area contributed by atoms with Gasteiger partial charge in [0.2, 0.25) is 5.91 Å². The Balaban J connectivity index is 1.42. The summed E-state index contributed by atoms with van der Waals surface area (Å²) < 4.78 is 2.13. The zero-order chi connectivity index (χ0) is 21.3. The molecule has 3 N–H and O–H groups in total. The Bertz CT molecular complexity index is 1040. The summed E-state index contributed by atoms with van der Waals surface area (Å²) in [7, 11) is 0. The first-order chi connectivity index (χ1) is 14.4. The summed E-state index contributed by atoms with van der Waals surface area (Å²) in [5.41, 5.74) is 3.59. The van der Waals surface area contributed by atoms with Crippen LogP contribution in [0.4, 0.5) is 4.79 Å². The molecule has 1 saturated heterocycles. The van der Waals surface area contributed by atoms with Crippen molar-refractivity contribution in [2.75, 3.05) is 0 Å². The summed E-state index contributed by atoms with van der Waals surface area (Å²) in [4.78, 5) is 37.6. The lowest BCUT2D eigenvalue weighted by Crippen LogP contribution is -2.51. The average molecular weight is 429 g/mol. The number of aryl methyl sites for hydroxylation is 1. The third-order valence-corrected chi connectivity index (χ3v) is 6.05. The molecule has 0 radical (unpaired) electrons. The Morgan fingerprint density at radius 2 is 1.90 bits per heavy atom. The highest BCUT2D eigenvalue weighted by Gasteiger charge is 2.52. The van der Waals surface area contributed by atoms with Crippen molar-refractivity contribution in [3.8, 4) is 11.4 Å². The minimum Gasteiger partial charge on any atom is -0.322 e. The highest BCUT2D eigenvalue weighted by molar-refractivity contribution is 7.71. The smallest absolute Gasteiger partial charge is 0.322 e. The third-order valence-electron chi connectivity index (χ3n) is 5.74. The van der Waals surface area contributed by atoms with Crippen molar-refractivity contribution in [2.45, 2.75) is 57.5 Å². The van der Waals surface area contributed by atoms with E-state index in [-0.39, 0.29) is 18.9 Å². The summed E-state index contributed by atoms with van der Waals surface area (Å²) >= 11 is 5.30. The third kappa shape index (κ3) is 3.74.